The minimum Gasteiger partial charge on any atom is -0.466 e. The molecule has 0 radical (unpaired) electrons. The lowest BCUT2D eigenvalue weighted by atomic mass is 9.48. The number of esters is 2. The molecule has 5 aliphatic rings. The van der Waals surface area contributed by atoms with Gasteiger partial charge in [0.25, 0.3) is 0 Å². The van der Waals surface area contributed by atoms with E-state index in [4.69, 9.17) is 15.2 Å². The Bertz CT molecular complexity index is 1470. The molecule has 4 bridgehead atoms. The summed E-state index contributed by atoms with van der Waals surface area (Å²) in [6.07, 6.45) is 7.46. The van der Waals surface area contributed by atoms with Crippen molar-refractivity contribution in [2.45, 2.75) is 49.9 Å². The van der Waals surface area contributed by atoms with Crippen LogP contribution in [0.15, 0.2) is 71.2 Å². The smallest absolute Gasteiger partial charge is 0.355 e. The highest BCUT2D eigenvalue weighted by Crippen LogP contribution is 2.61. The van der Waals surface area contributed by atoms with Crippen LogP contribution in [0.1, 0.15) is 55.6 Å². The second kappa shape index (κ2) is 10.3. The molecule has 1 aliphatic heterocycles. The van der Waals surface area contributed by atoms with Gasteiger partial charge in [0.1, 0.15) is 11.5 Å². The Morgan fingerprint density at radius 2 is 1.59 bits per heavy atom. The summed E-state index contributed by atoms with van der Waals surface area (Å²) in [6.45, 7) is 0. The molecule has 4 aliphatic carbocycles. The van der Waals surface area contributed by atoms with Crippen LogP contribution in [0.4, 0.5) is 11.4 Å². The van der Waals surface area contributed by atoms with Crippen molar-refractivity contribution >= 4 is 23.3 Å². The first-order valence-corrected chi connectivity index (χ1v) is 14.3. The SMILES string of the molecule is CNc1ccc(C23CC4CC(CC(C4)C2)C3)cc1N1C(N)=C(C#N)C(c2ccccc2)C(C(=O)OC)=C1C(=O)OC. The van der Waals surface area contributed by atoms with Gasteiger partial charge in [0.15, 0.2) is 0 Å². The van der Waals surface area contributed by atoms with Gasteiger partial charge in [-0.25, -0.2) is 9.59 Å². The lowest BCUT2D eigenvalue weighted by Crippen LogP contribution is -2.48. The molecule has 0 spiro atoms. The summed E-state index contributed by atoms with van der Waals surface area (Å²) in [5, 5.41) is 13.7. The molecular weight excluding hydrogens is 516 g/mol. The molecule has 3 N–H and O–H groups in total. The van der Waals surface area contributed by atoms with E-state index in [1.807, 2.05) is 24.3 Å². The van der Waals surface area contributed by atoms with Crippen LogP contribution in [0.3, 0.4) is 0 Å². The van der Waals surface area contributed by atoms with Gasteiger partial charge >= 0.3 is 11.9 Å². The van der Waals surface area contributed by atoms with E-state index in [0.29, 0.717) is 16.9 Å². The Morgan fingerprint density at radius 3 is 2.12 bits per heavy atom. The van der Waals surface area contributed by atoms with Gasteiger partial charge in [-0.15, -0.1) is 0 Å². The molecular formula is C33H36N4O4. The predicted molar refractivity (Wildman–Crippen MR) is 155 cm³/mol. The molecule has 2 aromatic rings. The zero-order valence-electron chi connectivity index (χ0n) is 23.8. The van der Waals surface area contributed by atoms with Crippen LogP contribution in [0.25, 0.3) is 0 Å². The average Bonchev–Trinajstić information content (AvgIpc) is 2.99. The van der Waals surface area contributed by atoms with Crippen LogP contribution < -0.4 is 16.0 Å². The molecule has 2 aromatic carbocycles. The van der Waals surface area contributed by atoms with Crippen molar-refractivity contribution in [1.29, 1.82) is 5.26 Å². The van der Waals surface area contributed by atoms with E-state index < -0.39 is 17.9 Å². The molecule has 1 heterocycles. The summed E-state index contributed by atoms with van der Waals surface area (Å²) < 4.78 is 10.4. The molecule has 1 unspecified atom stereocenters. The number of nitrogens with zero attached hydrogens (tertiary/aromatic N) is 2. The third kappa shape index (κ3) is 4.26. The van der Waals surface area contributed by atoms with Crippen LogP contribution >= 0.6 is 0 Å². The van der Waals surface area contributed by atoms with Crippen LogP contribution in [0.2, 0.25) is 0 Å². The minimum absolute atomic E-state index is 0.0126. The molecule has 0 amide bonds. The standard InChI is InChI=1S/C33H36N4O4/c1-36-25-10-9-23(33-15-19-11-20(16-33)13-21(12-19)17-33)14-26(25)37-29(32(39)41-3)28(31(38)40-2)27(24(18-34)30(37)35)22-7-5-4-6-8-22/h4-10,14,19-21,27,36H,11-13,15-17,35H2,1-3H3. The number of ether oxygens (including phenoxy) is 2. The Labute approximate surface area is 240 Å². The van der Waals surface area contributed by atoms with E-state index in [1.165, 1.54) is 43.9 Å². The summed E-state index contributed by atoms with van der Waals surface area (Å²) >= 11 is 0. The molecule has 4 fully saturated rings. The molecule has 8 nitrogen and oxygen atoms in total. The number of nitriles is 1. The van der Waals surface area contributed by atoms with Gasteiger partial charge in [0.2, 0.25) is 0 Å². The molecule has 7 rings (SSSR count). The normalized spacial score (nSPS) is 28.4. The number of hydrogen-bond donors (Lipinski definition) is 2. The maximum atomic E-state index is 13.6. The summed E-state index contributed by atoms with van der Waals surface area (Å²) in [5.74, 6) is -0.0380. The van der Waals surface area contributed by atoms with E-state index in [9.17, 15) is 14.9 Å². The number of nitrogens with one attached hydrogen (secondary N) is 1. The number of carbonyl (C=O) groups excluding carboxylic acids is 2. The highest BCUT2D eigenvalue weighted by atomic mass is 16.5. The number of nitrogens with two attached hydrogens (primary N) is 1. The zero-order valence-corrected chi connectivity index (χ0v) is 23.8. The van der Waals surface area contributed by atoms with Crippen LogP contribution in [-0.4, -0.2) is 33.2 Å². The van der Waals surface area contributed by atoms with Crippen molar-refractivity contribution in [3.8, 4) is 6.07 Å². The van der Waals surface area contributed by atoms with Gasteiger partial charge in [-0.05, 0) is 85.0 Å². The van der Waals surface area contributed by atoms with E-state index in [1.54, 1.807) is 19.2 Å². The zero-order chi connectivity index (χ0) is 28.9. The van der Waals surface area contributed by atoms with Gasteiger partial charge in [-0.1, -0.05) is 36.4 Å². The molecule has 8 heteroatoms. The molecule has 1 atom stereocenters. The fourth-order valence-corrected chi connectivity index (χ4v) is 8.49. The average molecular weight is 553 g/mol. The third-order valence-electron chi connectivity index (χ3n) is 9.77. The third-order valence-corrected chi connectivity index (χ3v) is 9.77. The first-order chi connectivity index (χ1) is 19.8. The van der Waals surface area contributed by atoms with E-state index >= 15 is 0 Å². The van der Waals surface area contributed by atoms with Gasteiger partial charge in [-0.3, -0.25) is 4.90 Å². The minimum atomic E-state index is -0.900. The van der Waals surface area contributed by atoms with E-state index in [0.717, 1.165) is 37.0 Å². The number of methoxy groups -OCH3 is 2. The maximum Gasteiger partial charge on any atom is 0.355 e. The monoisotopic (exact) mass is 552 g/mol. The first kappa shape index (κ1) is 26.9. The Hall–Kier alpha value is -4.25. The van der Waals surface area contributed by atoms with Gasteiger partial charge in [0, 0.05) is 7.05 Å². The van der Waals surface area contributed by atoms with E-state index in [2.05, 4.69) is 23.5 Å². The second-order valence-electron chi connectivity index (χ2n) is 12.0. The van der Waals surface area contributed by atoms with Crippen LogP contribution in [0.5, 0.6) is 0 Å². The lowest BCUT2D eigenvalue weighted by molar-refractivity contribution is -0.139. The van der Waals surface area contributed by atoms with Crippen LogP contribution in [-0.2, 0) is 24.5 Å². The quantitative estimate of drug-likeness (QED) is 0.476. The van der Waals surface area contributed by atoms with Crippen molar-refractivity contribution < 1.29 is 19.1 Å². The number of rotatable bonds is 6. The van der Waals surface area contributed by atoms with Gasteiger partial charge in [-0.2, -0.15) is 5.26 Å². The largest absolute Gasteiger partial charge is 0.466 e. The second-order valence-corrected chi connectivity index (χ2v) is 12.0. The van der Waals surface area contributed by atoms with Crippen molar-refractivity contribution in [2.75, 3.05) is 31.5 Å². The Balaban J connectivity index is 1.59. The Morgan fingerprint density at radius 1 is 0.976 bits per heavy atom. The molecule has 41 heavy (non-hydrogen) atoms. The molecule has 212 valence electrons. The number of anilines is 2. The van der Waals surface area contributed by atoms with Gasteiger partial charge < -0.3 is 20.5 Å². The summed E-state index contributed by atoms with van der Waals surface area (Å²) in [7, 11) is 4.33. The first-order valence-electron chi connectivity index (χ1n) is 14.3. The summed E-state index contributed by atoms with van der Waals surface area (Å²) in [6, 6.07) is 17.6. The predicted octanol–water partition coefficient (Wildman–Crippen LogP) is 5.09. The van der Waals surface area contributed by atoms with Crippen molar-refractivity contribution in [1.82, 2.24) is 0 Å². The Kier molecular flexibility index (Phi) is 6.77. The number of hydrogen-bond acceptors (Lipinski definition) is 8. The topological polar surface area (TPSA) is 118 Å². The molecule has 0 aromatic heterocycles. The highest BCUT2D eigenvalue weighted by molar-refractivity contribution is 6.07. The number of carbonyl (C=O) groups is 2. The van der Waals surface area contributed by atoms with Crippen molar-refractivity contribution in [3.63, 3.8) is 0 Å². The van der Waals surface area contributed by atoms with Gasteiger partial charge in [0.05, 0.1) is 48.7 Å². The van der Waals surface area contributed by atoms with Crippen LogP contribution in [0, 0.1) is 29.1 Å². The van der Waals surface area contributed by atoms with Crippen molar-refractivity contribution in [2.24, 2.45) is 23.5 Å². The number of benzene rings is 2. The van der Waals surface area contributed by atoms with E-state index in [-0.39, 0.29) is 28.1 Å². The maximum absolute atomic E-state index is 13.6. The lowest BCUT2D eigenvalue weighted by Gasteiger charge is -2.57. The molecule has 4 saturated carbocycles. The molecule has 0 saturated heterocycles. The number of allylic oxidation sites excluding steroid dienone is 1. The highest BCUT2D eigenvalue weighted by Gasteiger charge is 2.52. The summed E-state index contributed by atoms with van der Waals surface area (Å²) in [4.78, 5) is 28.6. The fraction of sp³-hybridized carbons (Fsp3) is 0.424. The van der Waals surface area contributed by atoms with Crippen molar-refractivity contribution in [3.05, 3.63) is 82.3 Å². The fourth-order valence-electron chi connectivity index (χ4n) is 8.49. The summed E-state index contributed by atoms with van der Waals surface area (Å²) in [5.41, 5.74) is 10.2.